The molecule has 1 atom stereocenters. The number of nitrogen functional groups attached to an aromatic ring is 1. The van der Waals surface area contributed by atoms with Crippen molar-refractivity contribution in [2.75, 3.05) is 5.73 Å². The average molecular weight is 297 g/mol. The Morgan fingerprint density at radius 1 is 1.42 bits per heavy atom. The topological polar surface area (TPSA) is 85.1 Å². The molecule has 7 heteroatoms. The number of thiophene rings is 1. The number of anilines is 1. The first kappa shape index (κ1) is 14.0. The molecule has 2 rings (SSSR count). The number of nitrogens with one attached hydrogen (secondary N) is 1. The van der Waals surface area contributed by atoms with E-state index in [1.165, 1.54) is 18.3 Å². The molecule has 0 amide bonds. The summed E-state index contributed by atoms with van der Waals surface area (Å²) in [6.07, 6.45) is 1.93. The van der Waals surface area contributed by atoms with Crippen LogP contribution in [-0.2, 0) is 16.4 Å². The van der Waals surface area contributed by atoms with Crippen LogP contribution < -0.4 is 10.5 Å². The van der Waals surface area contributed by atoms with Gasteiger partial charge in [-0.1, -0.05) is 6.07 Å². The highest BCUT2D eigenvalue weighted by Crippen LogP contribution is 2.13. The van der Waals surface area contributed by atoms with Gasteiger partial charge in [0, 0.05) is 17.1 Å². The Kier molecular flexibility index (Phi) is 4.18. The molecule has 1 unspecified atom stereocenters. The lowest BCUT2D eigenvalue weighted by Crippen LogP contribution is -2.34. The molecule has 2 heterocycles. The molecule has 0 bridgehead atoms. The highest BCUT2D eigenvalue weighted by atomic mass is 32.2. The van der Waals surface area contributed by atoms with Gasteiger partial charge in [0.1, 0.15) is 10.7 Å². The van der Waals surface area contributed by atoms with Crippen LogP contribution in [0.25, 0.3) is 0 Å². The van der Waals surface area contributed by atoms with E-state index in [1.54, 1.807) is 11.3 Å². The standard InChI is InChI=1S/C12H15N3O2S2/c1-9(7-10-3-2-6-18-10)15-19(16,17)11-4-5-12(13)14-8-11/h2-6,8-9,15H,7H2,1H3,(H2,13,14). The monoisotopic (exact) mass is 297 g/mol. The van der Waals surface area contributed by atoms with Crippen LogP contribution >= 0.6 is 11.3 Å². The van der Waals surface area contributed by atoms with Gasteiger partial charge in [0.15, 0.2) is 0 Å². The second-order valence-electron chi connectivity index (χ2n) is 4.22. The van der Waals surface area contributed by atoms with Crippen LogP contribution in [0.4, 0.5) is 5.82 Å². The van der Waals surface area contributed by atoms with Crippen molar-refractivity contribution in [2.24, 2.45) is 0 Å². The maximum Gasteiger partial charge on any atom is 0.242 e. The van der Waals surface area contributed by atoms with Crippen molar-refractivity contribution < 1.29 is 8.42 Å². The second kappa shape index (κ2) is 5.68. The summed E-state index contributed by atoms with van der Waals surface area (Å²) in [5, 5.41) is 1.97. The minimum absolute atomic E-state index is 0.125. The molecule has 0 aliphatic heterocycles. The Labute approximate surface area is 116 Å². The van der Waals surface area contributed by atoms with Crippen LogP contribution in [0, 0.1) is 0 Å². The van der Waals surface area contributed by atoms with Crippen LogP contribution in [0.5, 0.6) is 0 Å². The molecule has 0 aliphatic rings. The average Bonchev–Trinajstić information content (AvgIpc) is 2.81. The number of hydrogen-bond donors (Lipinski definition) is 2. The number of nitrogens with zero attached hydrogens (tertiary/aromatic N) is 1. The Hall–Kier alpha value is -1.44. The lowest BCUT2D eigenvalue weighted by molar-refractivity contribution is 0.560. The molecule has 102 valence electrons. The molecule has 2 aromatic heterocycles. The van der Waals surface area contributed by atoms with E-state index in [2.05, 4.69) is 9.71 Å². The summed E-state index contributed by atoms with van der Waals surface area (Å²) in [5.41, 5.74) is 5.44. The SMILES string of the molecule is CC(Cc1cccs1)NS(=O)(=O)c1ccc(N)nc1. The van der Waals surface area contributed by atoms with E-state index in [0.717, 1.165) is 4.88 Å². The molecule has 0 spiro atoms. The molecular formula is C12H15N3O2S2. The minimum atomic E-state index is -3.54. The van der Waals surface area contributed by atoms with Crippen LogP contribution in [0.2, 0.25) is 0 Å². The molecule has 3 N–H and O–H groups in total. The summed E-state index contributed by atoms with van der Waals surface area (Å²) in [6, 6.07) is 6.67. The van der Waals surface area contributed by atoms with Gasteiger partial charge in [-0.15, -0.1) is 11.3 Å². The lowest BCUT2D eigenvalue weighted by atomic mass is 10.2. The van der Waals surface area contributed by atoms with Crippen molar-refractivity contribution in [1.82, 2.24) is 9.71 Å². The fraction of sp³-hybridized carbons (Fsp3) is 0.250. The van der Waals surface area contributed by atoms with Crippen molar-refractivity contribution in [2.45, 2.75) is 24.3 Å². The van der Waals surface area contributed by atoms with Gasteiger partial charge in [-0.25, -0.2) is 18.1 Å². The summed E-state index contributed by atoms with van der Waals surface area (Å²) in [4.78, 5) is 5.06. The number of aromatic nitrogens is 1. The maximum atomic E-state index is 12.1. The summed E-state index contributed by atoms with van der Waals surface area (Å²) in [6.45, 7) is 1.84. The zero-order valence-corrected chi connectivity index (χ0v) is 12.0. The fourth-order valence-corrected chi connectivity index (χ4v) is 3.68. The van der Waals surface area contributed by atoms with Gasteiger partial charge in [-0.05, 0) is 36.9 Å². The number of pyridine rings is 1. The van der Waals surface area contributed by atoms with Crippen molar-refractivity contribution in [3.05, 3.63) is 40.7 Å². The first-order chi connectivity index (χ1) is 8.97. The summed E-state index contributed by atoms with van der Waals surface area (Å²) in [5.74, 6) is 0.297. The van der Waals surface area contributed by atoms with Crippen molar-refractivity contribution in [3.8, 4) is 0 Å². The van der Waals surface area contributed by atoms with Crippen molar-refractivity contribution in [3.63, 3.8) is 0 Å². The quantitative estimate of drug-likeness (QED) is 0.878. The van der Waals surface area contributed by atoms with Crippen LogP contribution in [-0.4, -0.2) is 19.4 Å². The normalized spacial score (nSPS) is 13.3. The highest BCUT2D eigenvalue weighted by Gasteiger charge is 2.18. The molecular weight excluding hydrogens is 282 g/mol. The molecule has 2 aromatic rings. The molecule has 0 saturated carbocycles. The molecule has 0 fully saturated rings. The van der Waals surface area contributed by atoms with Gasteiger partial charge in [0.05, 0.1) is 0 Å². The third-order valence-corrected chi connectivity index (χ3v) is 4.99. The molecule has 0 radical (unpaired) electrons. The highest BCUT2D eigenvalue weighted by molar-refractivity contribution is 7.89. The predicted octanol–water partition coefficient (Wildman–Crippen LogP) is 1.63. The van der Waals surface area contributed by atoms with Gasteiger partial charge in [0.25, 0.3) is 0 Å². The summed E-state index contributed by atoms with van der Waals surface area (Å²) >= 11 is 1.61. The smallest absolute Gasteiger partial charge is 0.242 e. The fourth-order valence-electron chi connectivity index (χ4n) is 1.66. The second-order valence-corrected chi connectivity index (χ2v) is 6.97. The van der Waals surface area contributed by atoms with Crippen LogP contribution in [0.3, 0.4) is 0 Å². The van der Waals surface area contributed by atoms with Gasteiger partial charge >= 0.3 is 0 Å². The number of rotatable bonds is 5. The number of sulfonamides is 1. The molecule has 19 heavy (non-hydrogen) atoms. The van der Waals surface area contributed by atoms with E-state index >= 15 is 0 Å². The third kappa shape index (κ3) is 3.76. The van der Waals surface area contributed by atoms with Crippen molar-refractivity contribution >= 4 is 27.2 Å². The van der Waals surface area contributed by atoms with Crippen LogP contribution in [0.15, 0.2) is 40.7 Å². The Balaban J connectivity index is 2.06. The minimum Gasteiger partial charge on any atom is -0.384 e. The molecule has 0 aromatic carbocycles. The van der Waals surface area contributed by atoms with E-state index in [1.807, 2.05) is 24.4 Å². The third-order valence-electron chi connectivity index (χ3n) is 2.51. The van der Waals surface area contributed by atoms with Gasteiger partial charge < -0.3 is 5.73 Å². The molecule has 0 aliphatic carbocycles. The zero-order chi connectivity index (χ0) is 13.9. The Morgan fingerprint density at radius 3 is 2.79 bits per heavy atom. The summed E-state index contributed by atoms with van der Waals surface area (Å²) in [7, 11) is -3.54. The van der Waals surface area contributed by atoms with E-state index in [9.17, 15) is 8.42 Å². The molecule has 0 saturated heterocycles. The van der Waals surface area contributed by atoms with E-state index < -0.39 is 10.0 Å². The van der Waals surface area contributed by atoms with E-state index in [4.69, 9.17) is 5.73 Å². The predicted molar refractivity (Wildman–Crippen MR) is 76.5 cm³/mol. The van der Waals surface area contributed by atoms with Gasteiger partial charge in [-0.3, -0.25) is 0 Å². The van der Waals surface area contributed by atoms with Crippen LogP contribution in [0.1, 0.15) is 11.8 Å². The largest absolute Gasteiger partial charge is 0.384 e. The van der Waals surface area contributed by atoms with Gasteiger partial charge in [0.2, 0.25) is 10.0 Å². The van der Waals surface area contributed by atoms with Gasteiger partial charge in [-0.2, -0.15) is 0 Å². The first-order valence-electron chi connectivity index (χ1n) is 5.73. The first-order valence-corrected chi connectivity index (χ1v) is 8.10. The Bertz CT molecular complexity index is 622. The number of hydrogen-bond acceptors (Lipinski definition) is 5. The maximum absolute atomic E-state index is 12.1. The zero-order valence-electron chi connectivity index (χ0n) is 10.4. The molecule has 5 nitrogen and oxygen atoms in total. The number of nitrogens with two attached hydrogens (primary N) is 1. The summed E-state index contributed by atoms with van der Waals surface area (Å²) < 4.78 is 26.8. The van der Waals surface area contributed by atoms with Crippen molar-refractivity contribution in [1.29, 1.82) is 0 Å². The van der Waals surface area contributed by atoms with E-state index in [0.29, 0.717) is 12.2 Å². The lowest BCUT2D eigenvalue weighted by Gasteiger charge is -2.13. The van der Waals surface area contributed by atoms with E-state index in [-0.39, 0.29) is 10.9 Å². The Morgan fingerprint density at radius 2 is 2.21 bits per heavy atom.